The predicted molar refractivity (Wildman–Crippen MR) is 71.3 cm³/mol. The SMILES string of the molecule is CC(C)CC[C@H](O)[C@H](C)C(=O)Oc1ccccc1. The molecular formula is C15H22O3. The highest BCUT2D eigenvalue weighted by Gasteiger charge is 2.23. The fourth-order valence-corrected chi connectivity index (χ4v) is 1.61. The number of rotatable bonds is 6. The molecule has 100 valence electrons. The van der Waals surface area contributed by atoms with Gasteiger partial charge in [-0.15, -0.1) is 0 Å². The Morgan fingerprint density at radius 2 is 1.78 bits per heavy atom. The van der Waals surface area contributed by atoms with E-state index in [9.17, 15) is 9.90 Å². The van der Waals surface area contributed by atoms with Crippen molar-refractivity contribution in [2.75, 3.05) is 0 Å². The first kappa shape index (κ1) is 14.7. The van der Waals surface area contributed by atoms with Crippen molar-refractivity contribution in [1.29, 1.82) is 0 Å². The zero-order valence-electron chi connectivity index (χ0n) is 11.3. The Morgan fingerprint density at radius 1 is 1.17 bits per heavy atom. The molecule has 1 aromatic rings. The third kappa shape index (κ3) is 4.88. The molecule has 1 aromatic carbocycles. The number of hydrogen-bond donors (Lipinski definition) is 1. The van der Waals surface area contributed by atoms with Crippen molar-refractivity contribution in [1.82, 2.24) is 0 Å². The summed E-state index contributed by atoms with van der Waals surface area (Å²) in [5.74, 6) is 0.170. The van der Waals surface area contributed by atoms with Gasteiger partial charge in [0.25, 0.3) is 0 Å². The number of aliphatic hydroxyl groups excluding tert-OH is 1. The molecule has 0 spiro atoms. The number of para-hydroxylation sites is 1. The first-order valence-corrected chi connectivity index (χ1v) is 6.45. The molecule has 0 aromatic heterocycles. The number of carbonyl (C=O) groups is 1. The summed E-state index contributed by atoms with van der Waals surface area (Å²) in [5, 5.41) is 9.91. The van der Waals surface area contributed by atoms with Crippen molar-refractivity contribution in [2.24, 2.45) is 11.8 Å². The molecule has 0 saturated carbocycles. The van der Waals surface area contributed by atoms with Gasteiger partial charge in [0.05, 0.1) is 12.0 Å². The lowest BCUT2D eigenvalue weighted by atomic mass is 9.97. The maximum atomic E-state index is 11.8. The van der Waals surface area contributed by atoms with Crippen LogP contribution in [0.5, 0.6) is 5.75 Å². The van der Waals surface area contributed by atoms with Crippen LogP contribution >= 0.6 is 0 Å². The molecule has 0 saturated heterocycles. The van der Waals surface area contributed by atoms with Gasteiger partial charge in [-0.05, 0) is 37.8 Å². The minimum Gasteiger partial charge on any atom is -0.426 e. The normalized spacial score (nSPS) is 14.3. The Labute approximate surface area is 109 Å². The number of esters is 1. The molecule has 3 nitrogen and oxygen atoms in total. The Bertz CT molecular complexity index is 359. The van der Waals surface area contributed by atoms with E-state index >= 15 is 0 Å². The molecule has 18 heavy (non-hydrogen) atoms. The molecule has 0 radical (unpaired) electrons. The second-order valence-corrected chi connectivity index (χ2v) is 5.06. The quantitative estimate of drug-likeness (QED) is 0.623. The summed E-state index contributed by atoms with van der Waals surface area (Å²) in [6, 6.07) is 8.93. The Morgan fingerprint density at radius 3 is 2.33 bits per heavy atom. The van der Waals surface area contributed by atoms with Gasteiger partial charge in [0.1, 0.15) is 5.75 Å². The van der Waals surface area contributed by atoms with Crippen LogP contribution in [0.1, 0.15) is 33.6 Å². The topological polar surface area (TPSA) is 46.5 Å². The summed E-state index contributed by atoms with van der Waals surface area (Å²) >= 11 is 0. The maximum absolute atomic E-state index is 11.8. The summed E-state index contributed by atoms with van der Waals surface area (Å²) in [4.78, 5) is 11.8. The minimum atomic E-state index is -0.636. The third-order valence-electron chi connectivity index (χ3n) is 2.95. The average molecular weight is 250 g/mol. The van der Waals surface area contributed by atoms with E-state index < -0.39 is 12.0 Å². The summed E-state index contributed by atoms with van der Waals surface area (Å²) < 4.78 is 5.21. The van der Waals surface area contributed by atoms with Gasteiger partial charge in [0.15, 0.2) is 0 Å². The van der Waals surface area contributed by atoms with Crippen molar-refractivity contribution in [3.8, 4) is 5.75 Å². The zero-order valence-corrected chi connectivity index (χ0v) is 11.3. The monoisotopic (exact) mass is 250 g/mol. The summed E-state index contributed by atoms with van der Waals surface area (Å²) in [7, 11) is 0. The fraction of sp³-hybridized carbons (Fsp3) is 0.533. The molecule has 3 heteroatoms. The average Bonchev–Trinajstić information content (AvgIpc) is 2.36. The van der Waals surface area contributed by atoms with Gasteiger partial charge >= 0.3 is 5.97 Å². The van der Waals surface area contributed by atoms with Gasteiger partial charge in [-0.3, -0.25) is 4.79 Å². The standard InChI is InChI=1S/C15H22O3/c1-11(2)9-10-14(16)12(3)15(17)18-13-7-5-4-6-8-13/h4-8,11-12,14,16H,9-10H2,1-3H3/t12-,14-/m0/s1. The summed E-state index contributed by atoms with van der Waals surface area (Å²) in [6.45, 7) is 5.90. The molecule has 0 bridgehead atoms. The first-order chi connectivity index (χ1) is 8.50. The highest BCUT2D eigenvalue weighted by Crippen LogP contribution is 2.17. The van der Waals surface area contributed by atoms with Crippen LogP contribution in [0.4, 0.5) is 0 Å². The van der Waals surface area contributed by atoms with Crippen LogP contribution in [0.25, 0.3) is 0 Å². The van der Waals surface area contributed by atoms with Crippen molar-refractivity contribution < 1.29 is 14.6 Å². The van der Waals surface area contributed by atoms with E-state index in [2.05, 4.69) is 13.8 Å². The number of hydrogen-bond acceptors (Lipinski definition) is 3. The molecule has 0 heterocycles. The van der Waals surface area contributed by atoms with Gasteiger partial charge in [-0.2, -0.15) is 0 Å². The van der Waals surface area contributed by atoms with E-state index in [1.165, 1.54) is 0 Å². The molecule has 0 fully saturated rings. The largest absolute Gasteiger partial charge is 0.426 e. The number of aliphatic hydroxyl groups is 1. The minimum absolute atomic E-state index is 0.377. The molecular weight excluding hydrogens is 228 g/mol. The molecule has 0 unspecified atom stereocenters. The summed E-state index contributed by atoms with van der Waals surface area (Å²) in [5.41, 5.74) is 0. The second kappa shape index (κ2) is 7.17. The van der Waals surface area contributed by atoms with Gasteiger partial charge in [0.2, 0.25) is 0 Å². The van der Waals surface area contributed by atoms with E-state index in [1.54, 1.807) is 19.1 Å². The van der Waals surface area contributed by atoms with E-state index in [0.29, 0.717) is 18.1 Å². The van der Waals surface area contributed by atoms with Gasteiger partial charge in [-0.25, -0.2) is 0 Å². The van der Waals surface area contributed by atoms with Crippen molar-refractivity contribution in [2.45, 2.75) is 39.7 Å². The van der Waals surface area contributed by atoms with Crippen LogP contribution in [-0.4, -0.2) is 17.2 Å². The summed E-state index contributed by atoms with van der Waals surface area (Å²) in [6.07, 6.45) is 0.899. The van der Waals surface area contributed by atoms with Crippen LogP contribution in [0.15, 0.2) is 30.3 Å². The molecule has 1 rings (SSSR count). The van der Waals surface area contributed by atoms with E-state index in [4.69, 9.17) is 4.74 Å². The molecule has 1 N–H and O–H groups in total. The molecule has 2 atom stereocenters. The second-order valence-electron chi connectivity index (χ2n) is 5.06. The maximum Gasteiger partial charge on any atom is 0.316 e. The lowest BCUT2D eigenvalue weighted by Crippen LogP contribution is -2.29. The fourth-order valence-electron chi connectivity index (χ4n) is 1.61. The molecule has 0 aliphatic heterocycles. The molecule has 0 amide bonds. The van der Waals surface area contributed by atoms with Crippen LogP contribution in [0, 0.1) is 11.8 Å². The lowest BCUT2D eigenvalue weighted by Gasteiger charge is -2.18. The molecule has 0 aliphatic carbocycles. The van der Waals surface area contributed by atoms with Crippen LogP contribution in [-0.2, 0) is 4.79 Å². The third-order valence-corrected chi connectivity index (χ3v) is 2.95. The van der Waals surface area contributed by atoms with Crippen LogP contribution in [0.2, 0.25) is 0 Å². The predicted octanol–water partition coefficient (Wildman–Crippen LogP) is 3.03. The Hall–Kier alpha value is -1.35. The van der Waals surface area contributed by atoms with Crippen molar-refractivity contribution in [3.63, 3.8) is 0 Å². The zero-order chi connectivity index (χ0) is 13.5. The van der Waals surface area contributed by atoms with Crippen molar-refractivity contribution in [3.05, 3.63) is 30.3 Å². The van der Waals surface area contributed by atoms with E-state index in [0.717, 1.165) is 6.42 Å². The number of carbonyl (C=O) groups excluding carboxylic acids is 1. The van der Waals surface area contributed by atoms with E-state index in [1.807, 2.05) is 18.2 Å². The van der Waals surface area contributed by atoms with Crippen LogP contribution in [0.3, 0.4) is 0 Å². The van der Waals surface area contributed by atoms with Crippen molar-refractivity contribution >= 4 is 5.97 Å². The highest BCUT2D eigenvalue weighted by molar-refractivity contribution is 5.75. The Balaban J connectivity index is 2.46. The first-order valence-electron chi connectivity index (χ1n) is 6.45. The van der Waals surface area contributed by atoms with Gasteiger partial charge in [-0.1, -0.05) is 32.0 Å². The smallest absolute Gasteiger partial charge is 0.316 e. The highest BCUT2D eigenvalue weighted by atomic mass is 16.5. The van der Waals surface area contributed by atoms with Gasteiger partial charge in [0, 0.05) is 0 Å². The lowest BCUT2D eigenvalue weighted by molar-refractivity contribution is -0.142. The van der Waals surface area contributed by atoms with Gasteiger partial charge < -0.3 is 9.84 Å². The van der Waals surface area contributed by atoms with E-state index in [-0.39, 0.29) is 5.97 Å². The molecule has 0 aliphatic rings. The Kier molecular flexibility index (Phi) is 5.86. The van der Waals surface area contributed by atoms with Crippen LogP contribution < -0.4 is 4.74 Å². The number of benzene rings is 1. The number of ether oxygens (including phenoxy) is 1.